The van der Waals surface area contributed by atoms with E-state index < -0.39 is 0 Å². The Morgan fingerprint density at radius 2 is 2.05 bits per heavy atom. The van der Waals surface area contributed by atoms with Crippen molar-refractivity contribution in [3.05, 3.63) is 46.4 Å². The lowest BCUT2D eigenvalue weighted by molar-refractivity contribution is 0.528. The summed E-state index contributed by atoms with van der Waals surface area (Å²) in [5.41, 5.74) is 1.36. The molecule has 2 rings (SSSR count). The second-order valence-electron chi connectivity index (χ2n) is 4.64. The van der Waals surface area contributed by atoms with Crippen molar-refractivity contribution < 1.29 is 0 Å². The zero-order valence-electron chi connectivity index (χ0n) is 12.1. The smallest absolute Gasteiger partial charge is 0.0943 e. The number of thioether (sulfide) groups is 1. The van der Waals surface area contributed by atoms with E-state index in [4.69, 9.17) is 0 Å². The molecule has 0 spiro atoms. The molecule has 1 unspecified atom stereocenters. The molecule has 0 bridgehead atoms. The van der Waals surface area contributed by atoms with Crippen LogP contribution in [-0.2, 0) is 6.42 Å². The van der Waals surface area contributed by atoms with Crippen molar-refractivity contribution in [1.82, 2.24) is 10.3 Å². The Kier molecular flexibility index (Phi) is 6.57. The predicted molar refractivity (Wildman–Crippen MR) is 89.7 cm³/mol. The van der Waals surface area contributed by atoms with Crippen molar-refractivity contribution >= 4 is 23.1 Å². The number of benzene rings is 1. The monoisotopic (exact) mass is 306 g/mol. The van der Waals surface area contributed by atoms with Crippen LogP contribution in [0.1, 0.15) is 36.9 Å². The summed E-state index contributed by atoms with van der Waals surface area (Å²) in [5, 5.41) is 6.88. The van der Waals surface area contributed by atoms with Crippen molar-refractivity contribution in [3.63, 3.8) is 0 Å². The molecule has 0 fully saturated rings. The minimum Gasteiger partial charge on any atom is -0.310 e. The van der Waals surface area contributed by atoms with Crippen LogP contribution in [0.3, 0.4) is 0 Å². The van der Waals surface area contributed by atoms with Gasteiger partial charge in [-0.15, -0.1) is 23.1 Å². The highest BCUT2D eigenvalue weighted by Crippen LogP contribution is 2.23. The molecular weight excluding hydrogens is 284 g/mol. The number of nitrogens with zero attached hydrogens (tertiary/aromatic N) is 1. The number of hydrogen-bond donors (Lipinski definition) is 1. The molecule has 2 nitrogen and oxygen atoms in total. The van der Waals surface area contributed by atoms with Gasteiger partial charge in [-0.05, 0) is 36.4 Å². The zero-order chi connectivity index (χ0) is 14.2. The molecule has 0 aliphatic carbocycles. The van der Waals surface area contributed by atoms with Crippen LogP contribution >= 0.6 is 23.1 Å². The molecule has 2 aromatic rings. The van der Waals surface area contributed by atoms with E-state index in [0.29, 0.717) is 6.04 Å². The van der Waals surface area contributed by atoms with E-state index in [1.165, 1.54) is 15.5 Å². The van der Waals surface area contributed by atoms with Crippen LogP contribution in [-0.4, -0.2) is 17.3 Å². The highest BCUT2D eigenvalue weighted by Gasteiger charge is 2.13. The van der Waals surface area contributed by atoms with Gasteiger partial charge in [0.05, 0.1) is 5.01 Å². The van der Waals surface area contributed by atoms with Crippen LogP contribution in [0, 0.1) is 0 Å². The lowest BCUT2D eigenvalue weighted by Crippen LogP contribution is -2.24. The molecule has 0 saturated carbocycles. The lowest BCUT2D eigenvalue weighted by Gasteiger charge is -2.18. The van der Waals surface area contributed by atoms with Crippen LogP contribution in [0.15, 0.2) is 40.7 Å². The van der Waals surface area contributed by atoms with Gasteiger partial charge in [-0.25, -0.2) is 4.98 Å². The van der Waals surface area contributed by atoms with Gasteiger partial charge in [0.15, 0.2) is 0 Å². The Balaban J connectivity index is 2.08. The summed E-state index contributed by atoms with van der Waals surface area (Å²) in [6.45, 7) is 5.43. The van der Waals surface area contributed by atoms with Gasteiger partial charge in [0, 0.05) is 28.9 Å². The molecular formula is C16H22N2S2. The molecule has 1 heterocycles. The largest absolute Gasteiger partial charge is 0.310 e. The Hall–Kier alpha value is -0.840. The minimum absolute atomic E-state index is 0.363. The third-order valence-electron chi connectivity index (χ3n) is 3.10. The number of thiazole rings is 1. The van der Waals surface area contributed by atoms with E-state index in [-0.39, 0.29) is 0 Å². The summed E-state index contributed by atoms with van der Waals surface area (Å²) in [5.74, 6) is 1.12. The van der Waals surface area contributed by atoms with Gasteiger partial charge in [-0.2, -0.15) is 0 Å². The van der Waals surface area contributed by atoms with Gasteiger partial charge in [-0.1, -0.05) is 26.0 Å². The van der Waals surface area contributed by atoms with E-state index in [0.717, 1.165) is 25.1 Å². The molecule has 0 aliphatic rings. The number of nitrogens with one attached hydrogen (secondary N) is 1. The fourth-order valence-electron chi connectivity index (χ4n) is 2.12. The van der Waals surface area contributed by atoms with Gasteiger partial charge in [-0.3, -0.25) is 0 Å². The van der Waals surface area contributed by atoms with Crippen LogP contribution in [0.2, 0.25) is 0 Å². The molecule has 108 valence electrons. The molecule has 0 amide bonds. The molecule has 1 atom stereocenters. The maximum atomic E-state index is 4.41. The molecule has 0 aliphatic heterocycles. The van der Waals surface area contributed by atoms with Crippen molar-refractivity contribution in [1.29, 1.82) is 0 Å². The molecule has 4 heteroatoms. The third-order valence-corrected chi connectivity index (χ3v) is 4.79. The lowest BCUT2D eigenvalue weighted by atomic mass is 10.0. The fraction of sp³-hybridized carbons (Fsp3) is 0.438. The van der Waals surface area contributed by atoms with Crippen LogP contribution in [0.25, 0.3) is 0 Å². The van der Waals surface area contributed by atoms with E-state index in [2.05, 4.69) is 48.4 Å². The molecule has 0 saturated heterocycles. The van der Waals surface area contributed by atoms with Crippen LogP contribution < -0.4 is 5.32 Å². The summed E-state index contributed by atoms with van der Waals surface area (Å²) in [7, 11) is 0. The average molecular weight is 307 g/mol. The van der Waals surface area contributed by atoms with Gasteiger partial charge in [0.2, 0.25) is 0 Å². The topological polar surface area (TPSA) is 24.9 Å². The number of rotatable bonds is 8. The number of aromatic nitrogens is 1. The highest BCUT2D eigenvalue weighted by atomic mass is 32.2. The maximum absolute atomic E-state index is 4.41. The Morgan fingerprint density at radius 3 is 2.65 bits per heavy atom. The normalized spacial score (nSPS) is 12.5. The van der Waals surface area contributed by atoms with Gasteiger partial charge in [0.1, 0.15) is 0 Å². The molecule has 1 aromatic carbocycles. The van der Waals surface area contributed by atoms with Crippen molar-refractivity contribution in [2.24, 2.45) is 0 Å². The first-order chi connectivity index (χ1) is 9.83. The van der Waals surface area contributed by atoms with Crippen molar-refractivity contribution in [3.8, 4) is 0 Å². The minimum atomic E-state index is 0.363. The van der Waals surface area contributed by atoms with E-state index >= 15 is 0 Å². The van der Waals surface area contributed by atoms with Gasteiger partial charge >= 0.3 is 0 Å². The fourth-order valence-corrected chi connectivity index (χ4v) is 3.44. The molecule has 20 heavy (non-hydrogen) atoms. The average Bonchev–Trinajstić information content (AvgIpc) is 2.98. The van der Waals surface area contributed by atoms with Crippen molar-refractivity contribution in [2.45, 2.75) is 37.6 Å². The quantitative estimate of drug-likeness (QED) is 0.725. The Morgan fingerprint density at radius 1 is 1.25 bits per heavy atom. The van der Waals surface area contributed by atoms with Crippen LogP contribution in [0.4, 0.5) is 0 Å². The molecule has 0 radical (unpaired) electrons. The molecule has 1 aromatic heterocycles. The Labute approximate surface area is 130 Å². The summed E-state index contributed by atoms with van der Waals surface area (Å²) in [6, 6.07) is 9.32. The van der Waals surface area contributed by atoms with Crippen molar-refractivity contribution in [2.75, 3.05) is 12.3 Å². The standard InChI is InChI=1S/C16H22N2S2/c1-3-9-17-15(12-16-18-10-11-20-16)13-5-7-14(8-6-13)19-4-2/h5-8,10-11,15,17H,3-4,9,12H2,1-2H3. The summed E-state index contributed by atoms with van der Waals surface area (Å²) in [4.78, 5) is 5.76. The van der Waals surface area contributed by atoms with Crippen LogP contribution in [0.5, 0.6) is 0 Å². The first-order valence-electron chi connectivity index (χ1n) is 7.18. The summed E-state index contributed by atoms with van der Waals surface area (Å²) < 4.78 is 0. The van der Waals surface area contributed by atoms with E-state index in [1.807, 2.05) is 23.3 Å². The number of hydrogen-bond acceptors (Lipinski definition) is 4. The SMILES string of the molecule is CCCNC(Cc1nccs1)c1ccc(SCC)cc1. The second kappa shape index (κ2) is 8.45. The van der Waals surface area contributed by atoms with E-state index in [1.54, 1.807) is 11.3 Å². The van der Waals surface area contributed by atoms with E-state index in [9.17, 15) is 0 Å². The molecule has 1 N–H and O–H groups in total. The highest BCUT2D eigenvalue weighted by molar-refractivity contribution is 7.99. The third kappa shape index (κ3) is 4.62. The van der Waals surface area contributed by atoms with Gasteiger partial charge < -0.3 is 5.32 Å². The zero-order valence-corrected chi connectivity index (χ0v) is 13.8. The first kappa shape index (κ1) is 15.5. The van der Waals surface area contributed by atoms with Gasteiger partial charge in [0.25, 0.3) is 0 Å². The summed E-state index contributed by atoms with van der Waals surface area (Å²) >= 11 is 3.62. The summed E-state index contributed by atoms with van der Waals surface area (Å²) in [6.07, 6.45) is 4.01. The second-order valence-corrected chi connectivity index (χ2v) is 6.96. The predicted octanol–water partition coefficient (Wildman–Crippen LogP) is 4.54. The first-order valence-corrected chi connectivity index (χ1v) is 9.04. The Bertz CT molecular complexity index is 480. The maximum Gasteiger partial charge on any atom is 0.0943 e.